The maximum atomic E-state index is 9.47. The Morgan fingerprint density at radius 3 is 2.67 bits per heavy atom. The second-order valence-corrected chi connectivity index (χ2v) is 4.29. The molecular formula is C14H11ClN2O. The van der Waals surface area contributed by atoms with Crippen molar-refractivity contribution in [1.82, 2.24) is 0 Å². The highest BCUT2D eigenvalue weighted by Gasteiger charge is 2.10. The fourth-order valence-corrected chi connectivity index (χ4v) is 1.90. The van der Waals surface area contributed by atoms with Gasteiger partial charge in [0.2, 0.25) is 0 Å². The van der Waals surface area contributed by atoms with Crippen LogP contribution in [-0.2, 0) is 0 Å². The topological polar surface area (TPSA) is 47.3 Å². The summed E-state index contributed by atoms with van der Waals surface area (Å²) < 4.78 is 0. The van der Waals surface area contributed by atoms with E-state index in [9.17, 15) is 5.11 Å². The summed E-state index contributed by atoms with van der Waals surface area (Å²) in [6.45, 7) is 0. The normalized spacial score (nSPS) is 9.83. The summed E-state index contributed by atoms with van der Waals surface area (Å²) in [6.07, 6.45) is 0. The molecule has 0 spiro atoms. The summed E-state index contributed by atoms with van der Waals surface area (Å²) in [7, 11) is 1.83. The molecule has 2 rings (SSSR count). The number of phenolic OH excluding ortho intramolecular Hbond substituents is 1. The van der Waals surface area contributed by atoms with Crippen LogP contribution in [0.1, 0.15) is 5.56 Å². The van der Waals surface area contributed by atoms with E-state index in [0.717, 1.165) is 11.4 Å². The minimum atomic E-state index is 0.187. The zero-order chi connectivity index (χ0) is 13.1. The van der Waals surface area contributed by atoms with Crippen LogP contribution in [0.25, 0.3) is 0 Å². The molecule has 0 amide bonds. The maximum absolute atomic E-state index is 9.47. The first kappa shape index (κ1) is 12.3. The Morgan fingerprint density at radius 1 is 1.22 bits per heavy atom. The van der Waals surface area contributed by atoms with Crippen LogP contribution < -0.4 is 4.90 Å². The third-order valence-electron chi connectivity index (χ3n) is 2.66. The Labute approximate surface area is 110 Å². The monoisotopic (exact) mass is 258 g/mol. The number of aromatic hydroxyl groups is 1. The van der Waals surface area contributed by atoms with Crippen molar-refractivity contribution < 1.29 is 5.11 Å². The van der Waals surface area contributed by atoms with Gasteiger partial charge in [0.25, 0.3) is 0 Å². The van der Waals surface area contributed by atoms with Crippen molar-refractivity contribution in [2.75, 3.05) is 11.9 Å². The van der Waals surface area contributed by atoms with Crippen molar-refractivity contribution >= 4 is 23.0 Å². The number of hydrogen-bond acceptors (Lipinski definition) is 3. The fourth-order valence-electron chi connectivity index (χ4n) is 1.73. The summed E-state index contributed by atoms with van der Waals surface area (Å²) >= 11 is 5.86. The zero-order valence-electron chi connectivity index (χ0n) is 9.76. The molecule has 0 aromatic heterocycles. The first-order chi connectivity index (χ1) is 8.61. The molecule has 0 aliphatic carbocycles. The lowest BCUT2D eigenvalue weighted by Gasteiger charge is -2.20. The molecule has 3 nitrogen and oxygen atoms in total. The Kier molecular flexibility index (Phi) is 3.40. The van der Waals surface area contributed by atoms with Crippen LogP contribution in [0.15, 0.2) is 42.5 Å². The number of phenols is 1. The van der Waals surface area contributed by atoms with E-state index in [1.54, 1.807) is 36.4 Å². The summed E-state index contributed by atoms with van der Waals surface area (Å²) in [5, 5.41) is 19.1. The number of rotatable bonds is 2. The van der Waals surface area contributed by atoms with E-state index in [0.29, 0.717) is 10.6 Å². The third kappa shape index (κ3) is 2.39. The van der Waals surface area contributed by atoms with E-state index in [1.165, 1.54) is 0 Å². The molecule has 0 saturated carbocycles. The molecule has 0 saturated heterocycles. The highest BCUT2D eigenvalue weighted by Crippen LogP contribution is 2.30. The molecule has 0 atom stereocenters. The molecule has 0 radical (unpaired) electrons. The minimum Gasteiger partial charge on any atom is -0.508 e. The molecule has 1 N–H and O–H groups in total. The average molecular weight is 259 g/mol. The van der Waals surface area contributed by atoms with Gasteiger partial charge in [0, 0.05) is 23.8 Å². The number of benzene rings is 2. The lowest BCUT2D eigenvalue weighted by Crippen LogP contribution is -2.10. The van der Waals surface area contributed by atoms with Gasteiger partial charge in [-0.2, -0.15) is 5.26 Å². The Hall–Kier alpha value is -2.18. The standard InChI is InChI=1S/C14H11ClN2O/c1-17(12-3-2-4-13(18)8-12)14-6-5-11(15)7-10(14)9-16/h2-8,18H,1H3. The zero-order valence-corrected chi connectivity index (χ0v) is 10.5. The lowest BCUT2D eigenvalue weighted by atomic mass is 10.1. The van der Waals surface area contributed by atoms with Crippen molar-refractivity contribution in [3.8, 4) is 11.8 Å². The van der Waals surface area contributed by atoms with Crippen LogP contribution in [0.2, 0.25) is 5.02 Å². The SMILES string of the molecule is CN(c1cccc(O)c1)c1ccc(Cl)cc1C#N. The lowest BCUT2D eigenvalue weighted by molar-refractivity contribution is 0.475. The predicted molar refractivity (Wildman–Crippen MR) is 72.3 cm³/mol. The summed E-state index contributed by atoms with van der Waals surface area (Å²) in [6, 6.07) is 14.1. The van der Waals surface area contributed by atoms with Crippen molar-refractivity contribution in [3.05, 3.63) is 53.1 Å². The quantitative estimate of drug-likeness (QED) is 0.894. The van der Waals surface area contributed by atoms with Gasteiger partial charge in [0.1, 0.15) is 11.8 Å². The van der Waals surface area contributed by atoms with Crippen LogP contribution >= 0.6 is 11.6 Å². The van der Waals surface area contributed by atoms with E-state index in [-0.39, 0.29) is 5.75 Å². The van der Waals surface area contributed by atoms with Crippen LogP contribution in [0.5, 0.6) is 5.75 Å². The first-order valence-electron chi connectivity index (χ1n) is 5.34. The van der Waals surface area contributed by atoms with Crippen molar-refractivity contribution in [1.29, 1.82) is 5.26 Å². The number of nitrogens with zero attached hydrogens (tertiary/aromatic N) is 2. The maximum Gasteiger partial charge on any atom is 0.117 e. The van der Waals surface area contributed by atoms with Crippen LogP contribution in [0.4, 0.5) is 11.4 Å². The Morgan fingerprint density at radius 2 is 2.00 bits per heavy atom. The van der Waals surface area contributed by atoms with E-state index in [2.05, 4.69) is 6.07 Å². The van der Waals surface area contributed by atoms with Crippen molar-refractivity contribution in [2.24, 2.45) is 0 Å². The van der Waals surface area contributed by atoms with Gasteiger partial charge in [-0.05, 0) is 30.3 Å². The molecule has 90 valence electrons. The van der Waals surface area contributed by atoms with E-state index < -0.39 is 0 Å². The molecule has 0 heterocycles. The summed E-state index contributed by atoms with van der Waals surface area (Å²) in [5.74, 6) is 0.187. The second-order valence-electron chi connectivity index (χ2n) is 3.85. The summed E-state index contributed by atoms with van der Waals surface area (Å²) in [4.78, 5) is 1.83. The average Bonchev–Trinajstić information content (AvgIpc) is 2.37. The molecule has 0 aliphatic heterocycles. The van der Waals surface area contributed by atoms with Crippen LogP contribution in [0, 0.1) is 11.3 Å². The highest BCUT2D eigenvalue weighted by atomic mass is 35.5. The smallest absolute Gasteiger partial charge is 0.117 e. The van der Waals surface area contributed by atoms with Crippen LogP contribution in [-0.4, -0.2) is 12.2 Å². The first-order valence-corrected chi connectivity index (χ1v) is 5.72. The van der Waals surface area contributed by atoms with Gasteiger partial charge in [0.05, 0.1) is 11.3 Å². The van der Waals surface area contributed by atoms with Crippen molar-refractivity contribution in [2.45, 2.75) is 0 Å². The molecule has 4 heteroatoms. The third-order valence-corrected chi connectivity index (χ3v) is 2.89. The van der Waals surface area contributed by atoms with Gasteiger partial charge in [-0.3, -0.25) is 0 Å². The highest BCUT2D eigenvalue weighted by molar-refractivity contribution is 6.30. The van der Waals surface area contributed by atoms with Gasteiger partial charge in [0.15, 0.2) is 0 Å². The second kappa shape index (κ2) is 4.99. The Balaban J connectivity index is 2.46. The van der Waals surface area contributed by atoms with E-state index in [1.807, 2.05) is 18.0 Å². The minimum absolute atomic E-state index is 0.187. The largest absolute Gasteiger partial charge is 0.508 e. The number of nitriles is 1. The van der Waals surface area contributed by atoms with Crippen LogP contribution in [0.3, 0.4) is 0 Å². The molecule has 18 heavy (non-hydrogen) atoms. The molecule has 0 unspecified atom stereocenters. The number of anilines is 2. The molecule has 0 fully saturated rings. The van der Waals surface area contributed by atoms with Gasteiger partial charge < -0.3 is 10.0 Å². The predicted octanol–water partition coefficient (Wildman–Crippen LogP) is 3.69. The Bertz CT molecular complexity index is 619. The summed E-state index contributed by atoms with van der Waals surface area (Å²) in [5.41, 5.74) is 2.04. The molecule has 2 aromatic rings. The van der Waals surface area contributed by atoms with E-state index >= 15 is 0 Å². The van der Waals surface area contributed by atoms with Gasteiger partial charge in [-0.1, -0.05) is 17.7 Å². The molecule has 0 aliphatic rings. The van der Waals surface area contributed by atoms with Gasteiger partial charge >= 0.3 is 0 Å². The van der Waals surface area contributed by atoms with Crippen molar-refractivity contribution in [3.63, 3.8) is 0 Å². The number of hydrogen-bond donors (Lipinski definition) is 1. The fraction of sp³-hybridized carbons (Fsp3) is 0.0714. The number of halogens is 1. The molecule has 2 aromatic carbocycles. The molecule has 0 bridgehead atoms. The van der Waals surface area contributed by atoms with Gasteiger partial charge in [-0.15, -0.1) is 0 Å². The molecular weight excluding hydrogens is 248 g/mol. The van der Waals surface area contributed by atoms with Gasteiger partial charge in [-0.25, -0.2) is 0 Å². The van der Waals surface area contributed by atoms with E-state index in [4.69, 9.17) is 16.9 Å².